The predicted molar refractivity (Wildman–Crippen MR) is 129 cm³/mol. The van der Waals surface area contributed by atoms with Crippen LogP contribution in [-0.4, -0.2) is 54.9 Å². The first kappa shape index (κ1) is 21.7. The van der Waals surface area contributed by atoms with Crippen molar-refractivity contribution in [1.82, 2.24) is 9.80 Å². The van der Waals surface area contributed by atoms with Crippen molar-refractivity contribution >= 4 is 23.7 Å². The maximum atomic E-state index is 12.1. The van der Waals surface area contributed by atoms with Crippen molar-refractivity contribution in [2.45, 2.75) is 19.8 Å². The number of para-hydroxylation sites is 2. The SMILES string of the molecule is CCOC(=O)N1CCN(C2=C(C=Nc3ccccc3)CC/C2=C\Nc2ccccc2)CC1. The van der Waals surface area contributed by atoms with Gasteiger partial charge >= 0.3 is 6.09 Å². The Morgan fingerprint density at radius 1 is 1.00 bits per heavy atom. The summed E-state index contributed by atoms with van der Waals surface area (Å²) in [7, 11) is 0. The lowest BCUT2D eigenvalue weighted by Gasteiger charge is -2.37. The van der Waals surface area contributed by atoms with Crippen molar-refractivity contribution in [3.63, 3.8) is 0 Å². The average Bonchev–Trinajstić information content (AvgIpc) is 3.26. The lowest BCUT2D eigenvalue weighted by atomic mass is 10.1. The number of hydrogen-bond acceptors (Lipinski definition) is 5. The van der Waals surface area contributed by atoms with Crippen molar-refractivity contribution in [2.24, 2.45) is 4.99 Å². The van der Waals surface area contributed by atoms with E-state index in [-0.39, 0.29) is 6.09 Å². The molecule has 6 heteroatoms. The third-order valence-electron chi connectivity index (χ3n) is 5.71. The third kappa shape index (κ3) is 5.38. The van der Waals surface area contributed by atoms with Crippen LogP contribution in [0.5, 0.6) is 0 Å². The fourth-order valence-electron chi connectivity index (χ4n) is 4.08. The zero-order chi connectivity index (χ0) is 22.2. The molecule has 1 aliphatic carbocycles. The molecule has 1 N–H and O–H groups in total. The number of allylic oxidation sites excluding steroid dienone is 2. The highest BCUT2D eigenvalue weighted by Crippen LogP contribution is 2.34. The summed E-state index contributed by atoms with van der Waals surface area (Å²) in [5, 5.41) is 3.44. The van der Waals surface area contributed by atoms with Crippen molar-refractivity contribution in [3.05, 3.63) is 83.7 Å². The third-order valence-corrected chi connectivity index (χ3v) is 5.71. The molecule has 0 saturated carbocycles. The molecule has 2 aliphatic rings. The first-order valence-corrected chi connectivity index (χ1v) is 11.2. The molecule has 6 nitrogen and oxygen atoms in total. The van der Waals surface area contributed by atoms with Crippen molar-refractivity contribution in [1.29, 1.82) is 0 Å². The average molecular weight is 431 g/mol. The van der Waals surface area contributed by atoms with Gasteiger partial charge in [0.05, 0.1) is 12.3 Å². The summed E-state index contributed by atoms with van der Waals surface area (Å²) < 4.78 is 5.17. The van der Waals surface area contributed by atoms with Crippen molar-refractivity contribution in [2.75, 3.05) is 38.1 Å². The highest BCUT2D eigenvalue weighted by Gasteiger charge is 2.28. The number of rotatable bonds is 6. The number of nitrogens with zero attached hydrogens (tertiary/aromatic N) is 3. The molecule has 0 radical (unpaired) electrons. The molecule has 1 amide bonds. The summed E-state index contributed by atoms with van der Waals surface area (Å²) in [5.74, 6) is 0. The van der Waals surface area contributed by atoms with Crippen LogP contribution in [0.2, 0.25) is 0 Å². The van der Waals surface area contributed by atoms with E-state index in [1.54, 1.807) is 4.90 Å². The number of piperazine rings is 1. The Labute approximate surface area is 189 Å². The molecule has 0 aromatic heterocycles. The molecular weight excluding hydrogens is 400 g/mol. The standard InChI is InChI=1S/C26H30N4O2/c1-2-32-26(31)30-17-15-29(16-18-30)25-21(19-27-23-9-5-3-6-10-23)13-14-22(25)20-28-24-11-7-4-8-12-24/h3-12,19-20,27H,2,13-18H2,1H3/b21-19+,28-20?. The van der Waals surface area contributed by atoms with E-state index in [1.807, 2.05) is 61.7 Å². The number of carbonyl (C=O) groups is 1. The quantitative estimate of drug-likeness (QED) is 0.640. The molecule has 2 aromatic carbocycles. The van der Waals surface area contributed by atoms with E-state index in [0.29, 0.717) is 19.7 Å². The van der Waals surface area contributed by atoms with Crippen molar-refractivity contribution in [3.8, 4) is 0 Å². The van der Waals surface area contributed by atoms with Gasteiger partial charge in [0, 0.05) is 50.0 Å². The molecule has 1 aliphatic heterocycles. The number of hydrogen-bond donors (Lipinski definition) is 1. The van der Waals surface area contributed by atoms with E-state index < -0.39 is 0 Å². The van der Waals surface area contributed by atoms with Gasteiger partial charge in [-0.05, 0) is 55.2 Å². The van der Waals surface area contributed by atoms with Crippen LogP contribution in [0, 0.1) is 0 Å². The Bertz CT molecular complexity index is 991. The lowest BCUT2D eigenvalue weighted by molar-refractivity contribution is 0.0873. The molecule has 0 bridgehead atoms. The van der Waals surface area contributed by atoms with E-state index in [4.69, 9.17) is 9.73 Å². The first-order valence-electron chi connectivity index (χ1n) is 11.2. The van der Waals surface area contributed by atoms with Gasteiger partial charge in [0.2, 0.25) is 0 Å². The topological polar surface area (TPSA) is 57.2 Å². The summed E-state index contributed by atoms with van der Waals surface area (Å²) in [6.45, 7) is 5.11. The lowest BCUT2D eigenvalue weighted by Crippen LogP contribution is -2.48. The zero-order valence-corrected chi connectivity index (χ0v) is 18.5. The fourth-order valence-corrected chi connectivity index (χ4v) is 4.08. The van der Waals surface area contributed by atoms with Crippen molar-refractivity contribution < 1.29 is 9.53 Å². The van der Waals surface area contributed by atoms with Gasteiger partial charge in [-0.3, -0.25) is 4.99 Å². The summed E-state index contributed by atoms with van der Waals surface area (Å²) in [6, 6.07) is 20.2. The van der Waals surface area contributed by atoms with Gasteiger partial charge in [0.25, 0.3) is 0 Å². The van der Waals surface area contributed by atoms with Crippen LogP contribution in [0.4, 0.5) is 16.2 Å². The molecule has 1 fully saturated rings. The van der Waals surface area contributed by atoms with Crippen LogP contribution in [-0.2, 0) is 4.74 Å². The van der Waals surface area contributed by atoms with Gasteiger partial charge in [-0.1, -0.05) is 36.4 Å². The molecule has 32 heavy (non-hydrogen) atoms. The van der Waals surface area contributed by atoms with Gasteiger partial charge in [-0.15, -0.1) is 0 Å². The van der Waals surface area contributed by atoms with Gasteiger partial charge < -0.3 is 19.9 Å². The molecule has 0 atom stereocenters. The number of anilines is 1. The number of amides is 1. The minimum Gasteiger partial charge on any atom is -0.450 e. The zero-order valence-electron chi connectivity index (χ0n) is 18.5. The molecular formula is C26H30N4O2. The Kier molecular flexibility index (Phi) is 7.23. The minimum atomic E-state index is -0.222. The molecule has 166 valence electrons. The molecule has 2 aromatic rings. The van der Waals surface area contributed by atoms with E-state index in [2.05, 4.69) is 28.5 Å². The Morgan fingerprint density at radius 3 is 2.38 bits per heavy atom. The number of nitrogens with one attached hydrogen (secondary N) is 1. The molecule has 0 unspecified atom stereocenters. The molecule has 1 saturated heterocycles. The summed E-state index contributed by atoms with van der Waals surface area (Å²) in [6.07, 6.45) is 5.81. The molecule has 4 rings (SSSR count). The second-order valence-corrected chi connectivity index (χ2v) is 7.82. The van der Waals surface area contributed by atoms with Gasteiger partial charge in [-0.25, -0.2) is 4.79 Å². The smallest absolute Gasteiger partial charge is 0.409 e. The summed E-state index contributed by atoms with van der Waals surface area (Å²) in [5.41, 5.74) is 5.76. The van der Waals surface area contributed by atoms with Gasteiger partial charge in [-0.2, -0.15) is 0 Å². The van der Waals surface area contributed by atoms with Crippen LogP contribution in [0.15, 0.2) is 88.7 Å². The normalized spacial score (nSPS) is 18.0. The minimum absolute atomic E-state index is 0.222. The maximum absolute atomic E-state index is 12.1. The molecule has 0 spiro atoms. The number of carbonyl (C=O) groups excluding carboxylic acids is 1. The highest BCUT2D eigenvalue weighted by molar-refractivity contribution is 5.84. The number of benzene rings is 2. The highest BCUT2D eigenvalue weighted by atomic mass is 16.6. The Balaban J connectivity index is 1.55. The second-order valence-electron chi connectivity index (χ2n) is 7.82. The molecule has 1 heterocycles. The number of ether oxygens (including phenoxy) is 1. The predicted octanol–water partition coefficient (Wildman–Crippen LogP) is 5.21. The fraction of sp³-hybridized carbons (Fsp3) is 0.308. The van der Waals surface area contributed by atoms with E-state index in [9.17, 15) is 4.79 Å². The van der Waals surface area contributed by atoms with Crippen LogP contribution in [0.3, 0.4) is 0 Å². The van der Waals surface area contributed by atoms with Crippen LogP contribution in [0.25, 0.3) is 0 Å². The van der Waals surface area contributed by atoms with E-state index in [0.717, 1.165) is 37.3 Å². The largest absolute Gasteiger partial charge is 0.450 e. The summed E-state index contributed by atoms with van der Waals surface area (Å²) >= 11 is 0. The second kappa shape index (κ2) is 10.7. The number of aliphatic imine (C=N–C) groups is 1. The van der Waals surface area contributed by atoms with Crippen LogP contribution in [0.1, 0.15) is 19.8 Å². The van der Waals surface area contributed by atoms with Gasteiger partial charge in [0.15, 0.2) is 0 Å². The van der Waals surface area contributed by atoms with Crippen LogP contribution >= 0.6 is 0 Å². The van der Waals surface area contributed by atoms with E-state index >= 15 is 0 Å². The van der Waals surface area contributed by atoms with E-state index in [1.165, 1.54) is 16.8 Å². The van der Waals surface area contributed by atoms with Gasteiger partial charge in [0.1, 0.15) is 0 Å². The Hall–Kier alpha value is -3.54. The first-order chi connectivity index (χ1) is 15.7. The maximum Gasteiger partial charge on any atom is 0.409 e. The van der Waals surface area contributed by atoms with Crippen LogP contribution < -0.4 is 5.32 Å². The Morgan fingerprint density at radius 2 is 1.69 bits per heavy atom. The monoisotopic (exact) mass is 430 g/mol. The summed E-state index contributed by atoms with van der Waals surface area (Å²) in [4.78, 5) is 21.0.